The van der Waals surface area contributed by atoms with Crippen molar-refractivity contribution in [3.63, 3.8) is 0 Å². The zero-order valence-electron chi connectivity index (χ0n) is 34.5. The summed E-state index contributed by atoms with van der Waals surface area (Å²) < 4.78 is 0. The smallest absolute Gasteiger partial charge is 0.333 e. The minimum Gasteiger partial charge on any atom is -0.486 e. The first-order chi connectivity index (χ1) is 31.5. The molecule has 7 nitrogen and oxygen atoms in total. The maximum Gasteiger partial charge on any atom is 0.333 e. The van der Waals surface area contributed by atoms with Gasteiger partial charge in [0, 0.05) is 27.1 Å². The summed E-state index contributed by atoms with van der Waals surface area (Å²) in [5, 5.41) is 19.7. The van der Waals surface area contributed by atoms with Gasteiger partial charge in [0.25, 0.3) is 11.4 Å². The molecule has 0 aromatic heterocycles. The van der Waals surface area contributed by atoms with E-state index in [1.165, 1.54) is 12.2 Å². The van der Waals surface area contributed by atoms with Gasteiger partial charge in [-0.15, -0.1) is 0 Å². The molecule has 0 aliphatic rings. The van der Waals surface area contributed by atoms with Gasteiger partial charge in [-0.05, 0) is 135 Å². The van der Waals surface area contributed by atoms with Crippen LogP contribution in [0, 0.1) is 13.1 Å². The lowest BCUT2D eigenvalue weighted by Crippen LogP contribution is -2.09. The molecule has 65 heavy (non-hydrogen) atoms. The highest BCUT2D eigenvalue weighted by atomic mass is 35.5. The molecule has 0 radical (unpaired) electrons. The summed E-state index contributed by atoms with van der Waals surface area (Å²) in [4.78, 5) is 30.8. The number of aliphatic carboxylic acids is 2. The topological polar surface area (TPSA) is 86.6 Å². The molecule has 0 unspecified atom stereocenters. The van der Waals surface area contributed by atoms with E-state index in [0.717, 1.165) is 61.6 Å². The number of anilines is 3. The Kier molecular flexibility index (Phi) is 14.5. The van der Waals surface area contributed by atoms with Gasteiger partial charge in [-0.25, -0.2) is 9.69 Å². The number of benzene rings is 7. The SMILES string of the molecule is [C-]#[N+]C(=Cc1ccc(C=Cc2ccc(N(c3ccc(C=Cc4ccc(C=C([N+]#[C-])C(=O)O)cc4)cc3)c3ccc(C=C(c4ccc(Cl)cc4)c4ccc(Cl)cc4)cc3)cc2)cc1)C(=O)O. The van der Waals surface area contributed by atoms with E-state index in [-0.39, 0.29) is 11.4 Å². The molecular weight excluding hydrogens is 850 g/mol. The minimum atomic E-state index is -1.26. The number of carboxylic acid groups (broad SMARTS) is 2. The Hall–Kier alpha value is -8.46. The van der Waals surface area contributed by atoms with Crippen molar-refractivity contribution in [2.75, 3.05) is 4.90 Å². The second kappa shape index (κ2) is 21.1. The highest BCUT2D eigenvalue weighted by molar-refractivity contribution is 6.31. The van der Waals surface area contributed by atoms with Crippen LogP contribution in [0.15, 0.2) is 181 Å². The summed E-state index contributed by atoms with van der Waals surface area (Å²) in [6.45, 7) is 14.2. The minimum absolute atomic E-state index is 0.341. The molecule has 9 heteroatoms. The molecule has 7 rings (SSSR count). The molecule has 0 saturated heterocycles. The van der Waals surface area contributed by atoms with Gasteiger partial charge >= 0.3 is 11.9 Å². The number of rotatable bonds is 14. The predicted molar refractivity (Wildman–Crippen MR) is 266 cm³/mol. The number of nitrogens with zero attached hydrogens (tertiary/aromatic N) is 3. The summed E-state index contributed by atoms with van der Waals surface area (Å²) in [7, 11) is 0. The Morgan fingerprint density at radius 1 is 0.400 bits per heavy atom. The molecule has 0 heterocycles. The summed E-state index contributed by atoms with van der Waals surface area (Å²) in [6, 6.07) is 55.1. The summed E-state index contributed by atoms with van der Waals surface area (Å²) in [5.41, 5.74) is 11.3. The van der Waals surface area contributed by atoms with Crippen LogP contribution in [-0.2, 0) is 9.59 Å². The molecule has 7 aromatic rings. The first kappa shape index (κ1) is 44.6. The molecule has 0 atom stereocenters. The third-order valence-corrected chi connectivity index (χ3v) is 10.7. The van der Waals surface area contributed by atoms with E-state index in [0.29, 0.717) is 21.2 Å². The molecule has 0 saturated carbocycles. The Morgan fingerprint density at radius 3 is 0.954 bits per heavy atom. The largest absolute Gasteiger partial charge is 0.486 e. The van der Waals surface area contributed by atoms with Crippen LogP contribution in [-0.4, -0.2) is 22.2 Å². The quantitative estimate of drug-likeness (QED) is 0.0645. The maximum atomic E-state index is 11.2. The molecule has 0 amide bonds. The maximum absolute atomic E-state index is 11.2. The van der Waals surface area contributed by atoms with Crippen molar-refractivity contribution in [3.8, 4) is 0 Å². The molecule has 314 valence electrons. The van der Waals surface area contributed by atoms with E-state index in [1.54, 1.807) is 24.3 Å². The molecule has 0 fully saturated rings. The number of carbonyl (C=O) groups is 2. The van der Waals surface area contributed by atoms with Gasteiger partial charge in [0.05, 0.1) is 13.1 Å². The molecule has 0 bridgehead atoms. The van der Waals surface area contributed by atoms with Crippen LogP contribution >= 0.6 is 23.2 Å². The van der Waals surface area contributed by atoms with E-state index >= 15 is 0 Å². The number of halogens is 2. The van der Waals surface area contributed by atoms with Crippen molar-refractivity contribution in [3.05, 3.63) is 264 Å². The zero-order valence-corrected chi connectivity index (χ0v) is 36.0. The number of hydrogen-bond donors (Lipinski definition) is 2. The zero-order chi connectivity index (χ0) is 45.7. The summed E-state index contributed by atoms with van der Waals surface area (Å²) in [5.74, 6) is -2.51. The predicted octanol–water partition coefficient (Wildman–Crippen LogP) is 15.1. The average Bonchev–Trinajstić information content (AvgIpc) is 3.33. The van der Waals surface area contributed by atoms with Crippen molar-refractivity contribution < 1.29 is 19.8 Å². The van der Waals surface area contributed by atoms with E-state index in [2.05, 4.69) is 93.5 Å². The monoisotopic (exact) mass is 885 g/mol. The Morgan fingerprint density at radius 2 is 0.662 bits per heavy atom. The van der Waals surface area contributed by atoms with E-state index < -0.39 is 11.9 Å². The first-order valence-electron chi connectivity index (χ1n) is 20.1. The third-order valence-electron chi connectivity index (χ3n) is 10.2. The van der Waals surface area contributed by atoms with Gasteiger partial charge < -0.3 is 15.1 Å². The van der Waals surface area contributed by atoms with Crippen LogP contribution in [0.3, 0.4) is 0 Å². The van der Waals surface area contributed by atoms with Crippen LogP contribution in [0.4, 0.5) is 17.1 Å². The number of carboxylic acids is 2. The van der Waals surface area contributed by atoms with Crippen molar-refractivity contribution in [1.82, 2.24) is 0 Å². The fraction of sp³-hybridized carbons (Fsp3) is 0. The number of hydrogen-bond acceptors (Lipinski definition) is 3. The van der Waals surface area contributed by atoms with Crippen molar-refractivity contribution in [2.45, 2.75) is 0 Å². The molecular formula is C56H37Cl2N3O4. The Balaban J connectivity index is 1.17. The fourth-order valence-corrected chi connectivity index (χ4v) is 7.04. The molecule has 7 aromatic carbocycles. The van der Waals surface area contributed by atoms with Gasteiger partial charge in [0.1, 0.15) is 0 Å². The average molecular weight is 887 g/mol. The lowest BCUT2D eigenvalue weighted by Gasteiger charge is -2.26. The summed E-state index contributed by atoms with van der Waals surface area (Å²) >= 11 is 12.5. The third kappa shape index (κ3) is 11.9. The molecule has 0 aliphatic carbocycles. The van der Waals surface area contributed by atoms with Crippen molar-refractivity contribution >= 4 is 100 Å². The molecule has 0 aliphatic heterocycles. The molecule has 2 N–H and O–H groups in total. The van der Waals surface area contributed by atoms with Crippen molar-refractivity contribution in [2.24, 2.45) is 0 Å². The standard InChI is InChI=1S/C56H37Cl2N3O4/c1-59-53(55(62)63)36-43-11-7-38(8-12-43)3-5-40-15-29-49(30-16-40)61(50-31-17-41(18-32-50)6-4-39-9-13-44(14-10-39)37-54(60-2)56(64)65)51-33-19-42(20-34-51)35-52(45-21-25-47(57)26-22-45)46-23-27-48(58)28-24-46/h3-37H,(H,62,63)(H,64,65). The summed E-state index contributed by atoms with van der Waals surface area (Å²) in [6.07, 6.45) is 12.8. The normalized spacial score (nSPS) is 11.5. The highest BCUT2D eigenvalue weighted by Gasteiger charge is 2.14. The van der Waals surface area contributed by atoms with Gasteiger partial charge in [-0.1, -0.05) is 157 Å². The van der Waals surface area contributed by atoms with Gasteiger partial charge in [0.2, 0.25) is 0 Å². The van der Waals surface area contributed by atoms with Gasteiger partial charge in [-0.3, -0.25) is 9.59 Å². The van der Waals surface area contributed by atoms with E-state index in [4.69, 9.17) is 36.3 Å². The van der Waals surface area contributed by atoms with Crippen molar-refractivity contribution in [1.29, 1.82) is 0 Å². The van der Waals surface area contributed by atoms with Crippen LogP contribution in [0.25, 0.3) is 57.8 Å². The Bertz CT molecular complexity index is 2880. The van der Waals surface area contributed by atoms with Crippen LogP contribution in [0.2, 0.25) is 10.0 Å². The first-order valence-corrected chi connectivity index (χ1v) is 20.9. The fourth-order valence-electron chi connectivity index (χ4n) is 6.79. The van der Waals surface area contributed by atoms with Crippen LogP contribution in [0.1, 0.15) is 50.1 Å². The van der Waals surface area contributed by atoms with E-state index in [1.807, 2.05) is 97.1 Å². The van der Waals surface area contributed by atoms with Gasteiger partial charge in [-0.2, -0.15) is 0 Å². The van der Waals surface area contributed by atoms with E-state index in [9.17, 15) is 19.8 Å². The Labute approximate surface area is 387 Å². The van der Waals surface area contributed by atoms with Crippen LogP contribution in [0.5, 0.6) is 0 Å². The lowest BCUT2D eigenvalue weighted by atomic mass is 9.95. The van der Waals surface area contributed by atoms with Gasteiger partial charge in [0.15, 0.2) is 0 Å². The second-order valence-corrected chi connectivity index (χ2v) is 15.4. The molecule has 0 spiro atoms. The van der Waals surface area contributed by atoms with Crippen LogP contribution < -0.4 is 4.90 Å². The highest BCUT2D eigenvalue weighted by Crippen LogP contribution is 2.36. The lowest BCUT2D eigenvalue weighted by molar-refractivity contribution is -0.133. The second-order valence-electron chi connectivity index (χ2n) is 14.6.